The molecule has 0 atom stereocenters. The van der Waals surface area contributed by atoms with E-state index in [4.69, 9.17) is 0 Å². The van der Waals surface area contributed by atoms with Crippen molar-refractivity contribution in [3.63, 3.8) is 0 Å². The first kappa shape index (κ1) is 13.8. The summed E-state index contributed by atoms with van der Waals surface area (Å²) in [5.74, 6) is -0.487. The molecule has 0 unspecified atom stereocenters. The van der Waals surface area contributed by atoms with Crippen molar-refractivity contribution in [1.29, 1.82) is 0 Å². The minimum atomic E-state index is -0.415. The van der Waals surface area contributed by atoms with Gasteiger partial charge in [0.1, 0.15) is 4.88 Å². The van der Waals surface area contributed by atoms with Gasteiger partial charge in [0.2, 0.25) is 5.91 Å². The van der Waals surface area contributed by atoms with Gasteiger partial charge in [-0.25, -0.2) is 4.79 Å². The lowest BCUT2D eigenvalue weighted by molar-refractivity contribution is -0.115. The first-order chi connectivity index (χ1) is 9.20. The highest BCUT2D eigenvalue weighted by atomic mass is 32.1. The van der Waals surface area contributed by atoms with Crippen LogP contribution in [0.3, 0.4) is 0 Å². The van der Waals surface area contributed by atoms with Crippen molar-refractivity contribution in [2.75, 3.05) is 12.4 Å². The second-order valence-electron chi connectivity index (χ2n) is 4.49. The van der Waals surface area contributed by atoms with E-state index in [1.807, 2.05) is 0 Å². The molecule has 4 nitrogen and oxygen atoms in total. The topological polar surface area (TPSA) is 55.4 Å². The van der Waals surface area contributed by atoms with Crippen molar-refractivity contribution in [3.8, 4) is 0 Å². The number of ether oxygens (including phenoxy) is 1. The van der Waals surface area contributed by atoms with Gasteiger partial charge in [0.25, 0.3) is 0 Å². The average molecular weight is 279 g/mol. The van der Waals surface area contributed by atoms with E-state index in [-0.39, 0.29) is 5.91 Å². The maximum Gasteiger partial charge on any atom is 0.350 e. The molecule has 1 heterocycles. The highest BCUT2D eigenvalue weighted by molar-refractivity contribution is 7.12. The molecular formula is C14H17NO3S. The van der Waals surface area contributed by atoms with Crippen LogP contribution in [0.25, 0.3) is 0 Å². The molecule has 0 saturated heterocycles. The predicted molar refractivity (Wildman–Crippen MR) is 75.5 cm³/mol. The molecule has 5 heteroatoms. The Morgan fingerprint density at radius 3 is 2.95 bits per heavy atom. The molecule has 0 bridgehead atoms. The number of carbonyl (C=O) groups is 2. The Balaban J connectivity index is 1.97. The number of rotatable bonds is 4. The summed E-state index contributed by atoms with van der Waals surface area (Å²) in [6.45, 7) is 0. The van der Waals surface area contributed by atoms with E-state index in [2.05, 4.69) is 16.1 Å². The molecule has 0 radical (unpaired) electrons. The average Bonchev–Trinajstić information content (AvgIpc) is 2.87. The van der Waals surface area contributed by atoms with Crippen molar-refractivity contribution >= 4 is 28.9 Å². The van der Waals surface area contributed by atoms with Crippen LogP contribution >= 0.6 is 11.3 Å². The highest BCUT2D eigenvalue weighted by Gasteiger charge is 2.16. The second kappa shape index (κ2) is 6.52. The molecule has 1 aromatic heterocycles. The lowest BCUT2D eigenvalue weighted by Gasteiger charge is -2.12. The largest absolute Gasteiger partial charge is 0.465 e. The molecule has 0 aliphatic heterocycles. The first-order valence-corrected chi connectivity index (χ1v) is 7.22. The number of thiophene rings is 1. The molecule has 0 saturated carbocycles. The third kappa shape index (κ3) is 3.67. The van der Waals surface area contributed by atoms with Crippen LogP contribution in [-0.4, -0.2) is 19.0 Å². The maximum absolute atomic E-state index is 11.9. The van der Waals surface area contributed by atoms with Crippen molar-refractivity contribution in [2.24, 2.45) is 0 Å². The van der Waals surface area contributed by atoms with Crippen LogP contribution in [0.2, 0.25) is 0 Å². The van der Waals surface area contributed by atoms with Crippen LogP contribution in [0.1, 0.15) is 41.8 Å². The molecule has 1 aromatic rings. The number of esters is 1. The molecule has 0 fully saturated rings. The number of carbonyl (C=O) groups excluding carboxylic acids is 2. The number of methoxy groups -OCH3 is 1. The Labute approximate surface area is 116 Å². The van der Waals surface area contributed by atoms with Gasteiger partial charge in [-0.1, -0.05) is 11.6 Å². The lowest BCUT2D eigenvalue weighted by atomic mass is 9.97. The number of nitrogens with one attached hydrogen (secondary N) is 1. The molecule has 1 aliphatic rings. The van der Waals surface area contributed by atoms with Gasteiger partial charge in [0.05, 0.1) is 12.8 Å². The molecule has 0 spiro atoms. The Kier molecular flexibility index (Phi) is 4.74. The van der Waals surface area contributed by atoms with Gasteiger partial charge in [-0.15, -0.1) is 11.3 Å². The third-order valence-corrected chi connectivity index (χ3v) is 3.98. The third-order valence-electron chi connectivity index (χ3n) is 3.08. The monoisotopic (exact) mass is 279 g/mol. The predicted octanol–water partition coefficient (Wildman–Crippen LogP) is 3.36. The van der Waals surface area contributed by atoms with E-state index in [0.717, 1.165) is 19.3 Å². The van der Waals surface area contributed by atoms with Gasteiger partial charge in [-0.05, 0) is 37.1 Å². The molecular weight excluding hydrogens is 262 g/mol. The van der Waals surface area contributed by atoms with Crippen LogP contribution in [0.4, 0.5) is 5.69 Å². The number of hydrogen-bond acceptors (Lipinski definition) is 4. The van der Waals surface area contributed by atoms with E-state index in [0.29, 0.717) is 17.0 Å². The lowest BCUT2D eigenvalue weighted by Crippen LogP contribution is -2.14. The Bertz CT molecular complexity index is 505. The standard InChI is InChI=1S/C14H17NO3S/c1-18-14(17)13-11(7-8-19-13)15-12(16)9-10-5-3-2-4-6-10/h5,7-8H,2-4,6,9H2,1H3,(H,15,16). The van der Waals surface area contributed by atoms with Crippen molar-refractivity contribution in [2.45, 2.75) is 32.1 Å². The zero-order chi connectivity index (χ0) is 13.7. The van der Waals surface area contributed by atoms with Gasteiger partial charge < -0.3 is 10.1 Å². The Morgan fingerprint density at radius 1 is 1.42 bits per heavy atom. The fourth-order valence-electron chi connectivity index (χ4n) is 2.12. The van der Waals surface area contributed by atoms with Gasteiger partial charge in [-0.2, -0.15) is 0 Å². The SMILES string of the molecule is COC(=O)c1sccc1NC(=O)CC1=CCCCC1. The van der Waals surface area contributed by atoms with E-state index < -0.39 is 5.97 Å². The van der Waals surface area contributed by atoms with Crippen LogP contribution in [0.5, 0.6) is 0 Å². The quantitative estimate of drug-likeness (QED) is 0.679. The van der Waals surface area contributed by atoms with Crippen LogP contribution < -0.4 is 5.32 Å². The number of hydrogen-bond donors (Lipinski definition) is 1. The molecule has 102 valence electrons. The van der Waals surface area contributed by atoms with Gasteiger partial charge in [0.15, 0.2) is 0 Å². The smallest absolute Gasteiger partial charge is 0.350 e. The van der Waals surface area contributed by atoms with Crippen molar-refractivity contribution in [3.05, 3.63) is 28.0 Å². The van der Waals surface area contributed by atoms with E-state index >= 15 is 0 Å². The fourth-order valence-corrected chi connectivity index (χ4v) is 2.89. The van der Waals surface area contributed by atoms with Crippen LogP contribution in [0.15, 0.2) is 23.1 Å². The summed E-state index contributed by atoms with van der Waals surface area (Å²) in [5.41, 5.74) is 1.73. The Hall–Kier alpha value is -1.62. The molecule has 1 N–H and O–H groups in total. The summed E-state index contributed by atoms with van der Waals surface area (Å²) in [6.07, 6.45) is 7.00. The number of anilines is 1. The first-order valence-electron chi connectivity index (χ1n) is 6.34. The van der Waals surface area contributed by atoms with Gasteiger partial charge >= 0.3 is 5.97 Å². The zero-order valence-corrected chi connectivity index (χ0v) is 11.7. The summed E-state index contributed by atoms with van der Waals surface area (Å²) in [4.78, 5) is 23.9. The second-order valence-corrected chi connectivity index (χ2v) is 5.40. The normalized spacial score (nSPS) is 14.7. The minimum absolute atomic E-state index is 0.0725. The highest BCUT2D eigenvalue weighted by Crippen LogP contribution is 2.25. The fraction of sp³-hybridized carbons (Fsp3) is 0.429. The maximum atomic E-state index is 11.9. The van der Waals surface area contributed by atoms with Crippen LogP contribution in [-0.2, 0) is 9.53 Å². The van der Waals surface area contributed by atoms with E-state index in [1.165, 1.54) is 30.4 Å². The minimum Gasteiger partial charge on any atom is -0.465 e. The summed E-state index contributed by atoms with van der Waals surface area (Å²) in [7, 11) is 1.33. The molecule has 19 heavy (non-hydrogen) atoms. The molecule has 0 aromatic carbocycles. The summed E-state index contributed by atoms with van der Waals surface area (Å²) in [5, 5.41) is 4.55. The Morgan fingerprint density at radius 2 is 2.26 bits per heavy atom. The van der Waals surface area contributed by atoms with E-state index in [1.54, 1.807) is 11.4 Å². The summed E-state index contributed by atoms with van der Waals surface area (Å²) < 4.78 is 4.68. The van der Waals surface area contributed by atoms with Crippen molar-refractivity contribution < 1.29 is 14.3 Å². The molecule has 1 aliphatic carbocycles. The van der Waals surface area contributed by atoms with Crippen LogP contribution in [0, 0.1) is 0 Å². The number of amides is 1. The summed E-state index contributed by atoms with van der Waals surface area (Å²) in [6, 6.07) is 1.73. The van der Waals surface area contributed by atoms with Gasteiger partial charge in [-0.3, -0.25) is 4.79 Å². The number of allylic oxidation sites excluding steroid dienone is 1. The van der Waals surface area contributed by atoms with Gasteiger partial charge in [0, 0.05) is 6.42 Å². The summed E-state index contributed by atoms with van der Waals surface area (Å²) >= 11 is 1.27. The van der Waals surface area contributed by atoms with E-state index in [9.17, 15) is 9.59 Å². The molecule has 1 amide bonds. The van der Waals surface area contributed by atoms with Crippen molar-refractivity contribution in [1.82, 2.24) is 0 Å². The molecule has 2 rings (SSSR count). The zero-order valence-electron chi connectivity index (χ0n) is 10.9.